The van der Waals surface area contributed by atoms with Gasteiger partial charge in [-0.25, -0.2) is 9.78 Å². The molecule has 1 saturated heterocycles. The summed E-state index contributed by atoms with van der Waals surface area (Å²) in [6, 6.07) is 21.2. The van der Waals surface area contributed by atoms with Crippen LogP contribution in [0.25, 0.3) is 21.0 Å². The van der Waals surface area contributed by atoms with Crippen LogP contribution in [0.4, 0.5) is 10.5 Å². The number of amides is 2. The number of nitrogens with one attached hydrogen (secondary N) is 1. The third kappa shape index (κ3) is 3.96. The average Bonchev–Trinajstić information content (AvgIpc) is 3.22. The zero-order valence-electron chi connectivity index (χ0n) is 16.2. The van der Waals surface area contributed by atoms with Crippen LogP contribution in [0.3, 0.4) is 0 Å². The van der Waals surface area contributed by atoms with E-state index in [-0.39, 0.29) is 6.03 Å². The molecule has 1 aliphatic heterocycles. The summed E-state index contributed by atoms with van der Waals surface area (Å²) < 4.78 is 1.09. The summed E-state index contributed by atoms with van der Waals surface area (Å²) in [6.45, 7) is 1.62. The molecule has 0 unspecified atom stereocenters. The standard InChI is InChI=1S/C24H23N3OS/c28-24(26-21-7-8-22-23(15-21)29-16-25-22)27-11-9-17(10-12-27)13-18-5-6-19-3-1-2-4-20(19)14-18/h1-8,14-17H,9-13H2,(H,26,28). The topological polar surface area (TPSA) is 45.2 Å². The number of urea groups is 1. The Morgan fingerprint density at radius 3 is 2.72 bits per heavy atom. The molecule has 0 aliphatic carbocycles. The monoisotopic (exact) mass is 401 g/mol. The first kappa shape index (κ1) is 18.1. The van der Waals surface area contributed by atoms with Gasteiger partial charge in [0.15, 0.2) is 0 Å². The van der Waals surface area contributed by atoms with Crippen molar-refractivity contribution >= 4 is 44.0 Å². The molecule has 1 aromatic heterocycles. The third-order valence-electron chi connectivity index (χ3n) is 5.82. The first-order chi connectivity index (χ1) is 14.2. The second-order valence-corrected chi connectivity index (χ2v) is 8.67. The van der Waals surface area contributed by atoms with Crippen LogP contribution in [-0.2, 0) is 6.42 Å². The fourth-order valence-electron chi connectivity index (χ4n) is 4.17. The number of nitrogens with zero attached hydrogens (tertiary/aromatic N) is 2. The Hall–Kier alpha value is -2.92. The van der Waals surface area contributed by atoms with E-state index in [4.69, 9.17) is 0 Å². The second-order valence-electron chi connectivity index (χ2n) is 7.78. The summed E-state index contributed by atoms with van der Waals surface area (Å²) in [5.74, 6) is 0.633. The van der Waals surface area contributed by atoms with E-state index in [9.17, 15) is 4.79 Å². The van der Waals surface area contributed by atoms with Gasteiger partial charge < -0.3 is 10.2 Å². The van der Waals surface area contributed by atoms with Crippen LogP contribution in [0, 0.1) is 5.92 Å². The van der Waals surface area contributed by atoms with E-state index in [1.165, 1.54) is 16.3 Å². The number of rotatable bonds is 3. The van der Waals surface area contributed by atoms with Crippen LogP contribution in [0.2, 0.25) is 0 Å². The third-order valence-corrected chi connectivity index (χ3v) is 6.61. The number of aromatic nitrogens is 1. The molecule has 5 heteroatoms. The minimum Gasteiger partial charge on any atom is -0.325 e. The predicted molar refractivity (Wildman–Crippen MR) is 121 cm³/mol. The van der Waals surface area contributed by atoms with E-state index < -0.39 is 0 Å². The van der Waals surface area contributed by atoms with Gasteiger partial charge in [0, 0.05) is 18.8 Å². The van der Waals surface area contributed by atoms with Gasteiger partial charge in [-0.2, -0.15) is 0 Å². The van der Waals surface area contributed by atoms with Crippen LogP contribution in [0.5, 0.6) is 0 Å². The van der Waals surface area contributed by atoms with Crippen molar-refractivity contribution in [1.82, 2.24) is 9.88 Å². The molecule has 1 aliphatic rings. The minimum atomic E-state index is -0.00183. The van der Waals surface area contributed by atoms with Crippen molar-refractivity contribution in [3.05, 3.63) is 71.7 Å². The van der Waals surface area contributed by atoms with Crippen LogP contribution in [-0.4, -0.2) is 29.0 Å². The highest BCUT2D eigenvalue weighted by Crippen LogP contribution is 2.25. The summed E-state index contributed by atoms with van der Waals surface area (Å²) >= 11 is 1.59. The van der Waals surface area contributed by atoms with Gasteiger partial charge >= 0.3 is 6.03 Å². The van der Waals surface area contributed by atoms with Gasteiger partial charge in [-0.3, -0.25) is 0 Å². The van der Waals surface area contributed by atoms with E-state index in [0.29, 0.717) is 5.92 Å². The van der Waals surface area contributed by atoms with Crippen molar-refractivity contribution in [1.29, 1.82) is 0 Å². The molecule has 1 N–H and O–H groups in total. The number of hydrogen-bond acceptors (Lipinski definition) is 3. The number of likely N-dealkylation sites (tertiary alicyclic amines) is 1. The number of benzene rings is 3. The molecule has 0 spiro atoms. The Morgan fingerprint density at radius 1 is 1.03 bits per heavy atom. The van der Waals surface area contributed by atoms with Gasteiger partial charge in [-0.05, 0) is 59.7 Å². The summed E-state index contributed by atoms with van der Waals surface area (Å²) in [5.41, 5.74) is 5.04. The molecule has 4 aromatic rings. The number of piperidine rings is 1. The summed E-state index contributed by atoms with van der Waals surface area (Å²) in [5, 5.41) is 5.64. The fraction of sp³-hybridized carbons (Fsp3) is 0.250. The van der Waals surface area contributed by atoms with Crippen LogP contribution >= 0.6 is 11.3 Å². The van der Waals surface area contributed by atoms with Crippen molar-refractivity contribution in [3.63, 3.8) is 0 Å². The number of thiazole rings is 1. The Bertz CT molecular complexity index is 1160. The molecule has 29 heavy (non-hydrogen) atoms. The number of anilines is 1. The lowest BCUT2D eigenvalue weighted by atomic mass is 9.89. The lowest BCUT2D eigenvalue weighted by Crippen LogP contribution is -2.41. The molecule has 4 nitrogen and oxygen atoms in total. The molecule has 0 saturated carbocycles. The van der Waals surface area contributed by atoms with Crippen LogP contribution in [0.1, 0.15) is 18.4 Å². The maximum absolute atomic E-state index is 12.7. The van der Waals surface area contributed by atoms with Gasteiger partial charge in [0.1, 0.15) is 0 Å². The zero-order valence-corrected chi connectivity index (χ0v) is 17.0. The number of carbonyl (C=O) groups is 1. The van der Waals surface area contributed by atoms with Gasteiger partial charge in [-0.1, -0.05) is 42.5 Å². The normalized spacial score (nSPS) is 15.1. The number of hydrogen-bond donors (Lipinski definition) is 1. The molecular weight excluding hydrogens is 378 g/mol. The number of fused-ring (bicyclic) bond motifs is 2. The molecule has 3 aromatic carbocycles. The first-order valence-corrected chi connectivity index (χ1v) is 11.0. The minimum absolute atomic E-state index is 0.00183. The van der Waals surface area contributed by atoms with E-state index in [1.54, 1.807) is 11.3 Å². The van der Waals surface area contributed by atoms with Gasteiger partial charge in [0.05, 0.1) is 15.7 Å². The first-order valence-electron chi connectivity index (χ1n) is 10.1. The lowest BCUT2D eigenvalue weighted by molar-refractivity contribution is 0.182. The SMILES string of the molecule is O=C(Nc1ccc2ncsc2c1)N1CCC(Cc2ccc3ccccc3c2)CC1. The Morgan fingerprint density at radius 2 is 1.86 bits per heavy atom. The fourth-order valence-corrected chi connectivity index (χ4v) is 4.89. The number of carbonyl (C=O) groups excluding carboxylic acids is 1. The van der Waals surface area contributed by atoms with Crippen molar-refractivity contribution < 1.29 is 4.79 Å². The molecule has 1 fully saturated rings. The molecule has 5 rings (SSSR count). The van der Waals surface area contributed by atoms with Gasteiger partial charge in [-0.15, -0.1) is 11.3 Å². The Labute approximate surface area is 174 Å². The van der Waals surface area contributed by atoms with E-state index in [1.807, 2.05) is 28.6 Å². The van der Waals surface area contributed by atoms with E-state index in [2.05, 4.69) is 52.8 Å². The quantitative estimate of drug-likeness (QED) is 0.462. The molecule has 2 amide bonds. The highest BCUT2D eigenvalue weighted by Gasteiger charge is 2.23. The molecule has 0 bridgehead atoms. The average molecular weight is 402 g/mol. The van der Waals surface area contributed by atoms with Gasteiger partial charge in [0.25, 0.3) is 0 Å². The largest absolute Gasteiger partial charge is 0.325 e. The molecule has 0 radical (unpaired) electrons. The summed E-state index contributed by atoms with van der Waals surface area (Å²) in [6.07, 6.45) is 3.19. The van der Waals surface area contributed by atoms with Gasteiger partial charge in [0.2, 0.25) is 0 Å². The van der Waals surface area contributed by atoms with Crippen molar-refractivity contribution in [2.45, 2.75) is 19.3 Å². The molecular formula is C24H23N3OS. The molecule has 0 atom stereocenters. The van der Waals surface area contributed by atoms with Crippen molar-refractivity contribution in [2.24, 2.45) is 5.92 Å². The molecule has 146 valence electrons. The highest BCUT2D eigenvalue weighted by molar-refractivity contribution is 7.16. The second kappa shape index (κ2) is 7.84. The maximum Gasteiger partial charge on any atom is 0.321 e. The van der Waals surface area contributed by atoms with Crippen molar-refractivity contribution in [3.8, 4) is 0 Å². The van der Waals surface area contributed by atoms with Crippen LogP contribution in [0.15, 0.2) is 66.2 Å². The Balaban J connectivity index is 1.17. The zero-order chi connectivity index (χ0) is 19.6. The maximum atomic E-state index is 12.7. The summed E-state index contributed by atoms with van der Waals surface area (Å²) in [4.78, 5) is 18.9. The summed E-state index contributed by atoms with van der Waals surface area (Å²) in [7, 11) is 0. The molecule has 2 heterocycles. The Kier molecular flexibility index (Phi) is 4.90. The van der Waals surface area contributed by atoms with Crippen molar-refractivity contribution in [2.75, 3.05) is 18.4 Å². The predicted octanol–water partition coefficient (Wildman–Crippen LogP) is 5.94. The lowest BCUT2D eigenvalue weighted by Gasteiger charge is -2.32. The highest BCUT2D eigenvalue weighted by atomic mass is 32.1. The smallest absolute Gasteiger partial charge is 0.321 e. The van der Waals surface area contributed by atoms with E-state index in [0.717, 1.165) is 48.3 Å². The van der Waals surface area contributed by atoms with Crippen LogP contribution < -0.4 is 5.32 Å². The van der Waals surface area contributed by atoms with E-state index >= 15 is 0 Å².